The van der Waals surface area contributed by atoms with Gasteiger partial charge in [-0.15, -0.1) is 0 Å². The third-order valence-electron chi connectivity index (χ3n) is 3.77. The van der Waals surface area contributed by atoms with Gasteiger partial charge in [-0.05, 0) is 30.3 Å². The molecule has 1 atom stereocenters. The second-order valence-electron chi connectivity index (χ2n) is 5.87. The maximum absolute atomic E-state index is 12.0. The quantitative estimate of drug-likeness (QED) is 0.617. The summed E-state index contributed by atoms with van der Waals surface area (Å²) in [5.74, 6) is 0.691. The zero-order valence-corrected chi connectivity index (χ0v) is 15.2. The highest BCUT2D eigenvalue weighted by Gasteiger charge is 2.13. The highest BCUT2D eigenvalue weighted by atomic mass is 16.5. The predicted molar refractivity (Wildman–Crippen MR) is 97.1 cm³/mol. The van der Waals surface area contributed by atoms with E-state index < -0.39 is 0 Å². The number of methoxy groups -OCH3 is 2. The molecule has 0 bridgehead atoms. The molecule has 0 spiro atoms. The molecule has 0 fully saturated rings. The number of hydrogen-bond acceptors (Lipinski definition) is 4. The van der Waals surface area contributed by atoms with E-state index in [1.54, 1.807) is 38.5 Å². The summed E-state index contributed by atoms with van der Waals surface area (Å²) in [5.41, 5.74) is 6.35. The van der Waals surface area contributed by atoms with E-state index in [4.69, 9.17) is 9.47 Å². The molecule has 2 rings (SSSR count). The molecule has 0 saturated heterocycles. The summed E-state index contributed by atoms with van der Waals surface area (Å²) in [4.78, 5) is 24.9. The second kappa shape index (κ2) is 9.43. The van der Waals surface area contributed by atoms with Crippen LogP contribution < -0.4 is 25.2 Å². The van der Waals surface area contributed by atoms with Crippen molar-refractivity contribution in [1.29, 1.82) is 0 Å². The first-order chi connectivity index (χ1) is 12.5. The number of ether oxygens (including phenoxy) is 2. The molecule has 7 nitrogen and oxygen atoms in total. The molecular weight excluding hydrogens is 334 g/mol. The van der Waals surface area contributed by atoms with E-state index in [0.29, 0.717) is 23.6 Å². The lowest BCUT2D eigenvalue weighted by molar-refractivity contribution is -0.885. The highest BCUT2D eigenvalue weighted by Crippen LogP contribution is 2.27. The molecule has 0 aliphatic heterocycles. The molecule has 26 heavy (non-hydrogen) atoms. The molecule has 0 aromatic heterocycles. The fourth-order valence-electron chi connectivity index (χ4n) is 2.51. The van der Waals surface area contributed by atoms with Gasteiger partial charge in [0.05, 0.1) is 21.3 Å². The van der Waals surface area contributed by atoms with Crippen LogP contribution in [0.3, 0.4) is 0 Å². The van der Waals surface area contributed by atoms with E-state index in [2.05, 4.69) is 10.9 Å². The van der Waals surface area contributed by atoms with Crippen molar-refractivity contribution in [3.63, 3.8) is 0 Å². The Kier molecular flexibility index (Phi) is 6.99. The monoisotopic (exact) mass is 358 g/mol. The van der Waals surface area contributed by atoms with Gasteiger partial charge in [0.2, 0.25) is 0 Å². The Hall–Kier alpha value is -3.06. The average Bonchev–Trinajstić information content (AvgIpc) is 2.66. The van der Waals surface area contributed by atoms with E-state index in [-0.39, 0.29) is 18.4 Å². The number of hydrazine groups is 1. The topological polar surface area (TPSA) is 81.1 Å². The van der Waals surface area contributed by atoms with Crippen LogP contribution in [0.1, 0.15) is 15.9 Å². The number of rotatable bonds is 7. The van der Waals surface area contributed by atoms with Crippen LogP contribution in [-0.4, -0.2) is 39.6 Å². The molecule has 1 unspecified atom stereocenters. The lowest BCUT2D eigenvalue weighted by Gasteiger charge is -2.15. The lowest BCUT2D eigenvalue weighted by Crippen LogP contribution is -3.09. The number of nitrogens with one attached hydrogen (secondary N) is 3. The van der Waals surface area contributed by atoms with Crippen molar-refractivity contribution in [3.05, 3.63) is 59.7 Å². The van der Waals surface area contributed by atoms with Gasteiger partial charge in [-0.2, -0.15) is 0 Å². The molecule has 2 aromatic carbocycles. The summed E-state index contributed by atoms with van der Waals surface area (Å²) < 4.78 is 10.5. The smallest absolute Gasteiger partial charge is 0.293 e. The number of carbonyl (C=O) groups excluding carboxylic acids is 2. The first kappa shape index (κ1) is 19.3. The van der Waals surface area contributed by atoms with Crippen LogP contribution in [0.5, 0.6) is 11.5 Å². The van der Waals surface area contributed by atoms with Gasteiger partial charge in [0, 0.05) is 11.1 Å². The first-order valence-electron chi connectivity index (χ1n) is 8.20. The van der Waals surface area contributed by atoms with Gasteiger partial charge < -0.3 is 14.4 Å². The van der Waals surface area contributed by atoms with E-state index in [0.717, 1.165) is 10.5 Å². The molecule has 138 valence electrons. The third-order valence-corrected chi connectivity index (χ3v) is 3.77. The summed E-state index contributed by atoms with van der Waals surface area (Å²) >= 11 is 0. The van der Waals surface area contributed by atoms with Crippen molar-refractivity contribution in [2.24, 2.45) is 0 Å². The number of quaternary nitrogens is 1. The van der Waals surface area contributed by atoms with Gasteiger partial charge in [-0.3, -0.25) is 20.4 Å². The van der Waals surface area contributed by atoms with E-state index in [1.807, 2.05) is 31.3 Å². The van der Waals surface area contributed by atoms with Crippen LogP contribution in [-0.2, 0) is 11.3 Å². The molecule has 0 aliphatic carbocycles. The number of carbonyl (C=O) groups is 2. The first-order valence-corrected chi connectivity index (χ1v) is 8.20. The fourth-order valence-corrected chi connectivity index (χ4v) is 2.51. The lowest BCUT2D eigenvalue weighted by atomic mass is 10.2. The van der Waals surface area contributed by atoms with Crippen molar-refractivity contribution in [2.75, 3.05) is 27.8 Å². The Balaban J connectivity index is 1.82. The summed E-state index contributed by atoms with van der Waals surface area (Å²) in [7, 11) is 5.07. The molecule has 0 radical (unpaired) electrons. The van der Waals surface area contributed by atoms with Crippen molar-refractivity contribution in [2.45, 2.75) is 6.54 Å². The van der Waals surface area contributed by atoms with Gasteiger partial charge in [-0.1, -0.05) is 18.2 Å². The molecule has 2 aromatic rings. The minimum absolute atomic E-state index is 0.212. The highest BCUT2D eigenvalue weighted by molar-refractivity contribution is 5.95. The third kappa shape index (κ3) is 5.49. The molecule has 0 saturated carbocycles. The van der Waals surface area contributed by atoms with E-state index >= 15 is 0 Å². The van der Waals surface area contributed by atoms with Crippen LogP contribution in [0.4, 0.5) is 0 Å². The summed E-state index contributed by atoms with van der Waals surface area (Å²) in [6.07, 6.45) is 0. The Labute approximate surface area is 152 Å². The minimum atomic E-state index is -0.350. The fraction of sp³-hybridized carbons (Fsp3) is 0.263. The van der Waals surface area contributed by atoms with Crippen LogP contribution in [0, 0.1) is 0 Å². The number of benzene rings is 2. The Morgan fingerprint density at radius 3 is 2.31 bits per heavy atom. The maximum atomic E-state index is 12.0. The van der Waals surface area contributed by atoms with Gasteiger partial charge in [0.15, 0.2) is 18.0 Å². The molecule has 7 heteroatoms. The number of amides is 2. The minimum Gasteiger partial charge on any atom is -0.493 e. The van der Waals surface area contributed by atoms with Gasteiger partial charge in [-0.25, -0.2) is 0 Å². The van der Waals surface area contributed by atoms with E-state index in [9.17, 15) is 9.59 Å². The maximum Gasteiger partial charge on any atom is 0.293 e. The Bertz CT molecular complexity index is 750. The van der Waals surface area contributed by atoms with Crippen molar-refractivity contribution in [1.82, 2.24) is 10.9 Å². The van der Waals surface area contributed by atoms with Gasteiger partial charge in [0.25, 0.3) is 11.8 Å². The predicted octanol–water partition coefficient (Wildman–Crippen LogP) is 0.180. The van der Waals surface area contributed by atoms with Crippen LogP contribution in [0.2, 0.25) is 0 Å². The Morgan fingerprint density at radius 2 is 1.65 bits per heavy atom. The summed E-state index contributed by atoms with van der Waals surface area (Å²) in [6, 6.07) is 14.3. The standard InChI is InChI=1S/C19H23N3O4/c1-22(12-14-9-10-16(25-2)17(11-14)26-3)13-18(23)20-21-19(24)15-7-5-4-6-8-15/h4-11H,12-13H2,1-3H3,(H,20,23)(H,21,24)/p+1. The van der Waals surface area contributed by atoms with Crippen LogP contribution >= 0.6 is 0 Å². The second-order valence-corrected chi connectivity index (χ2v) is 5.87. The normalized spacial score (nSPS) is 11.3. The molecule has 0 heterocycles. The molecule has 3 N–H and O–H groups in total. The van der Waals surface area contributed by atoms with Gasteiger partial charge in [0.1, 0.15) is 6.54 Å². The van der Waals surface area contributed by atoms with Crippen LogP contribution in [0.15, 0.2) is 48.5 Å². The zero-order chi connectivity index (χ0) is 18.9. The summed E-state index contributed by atoms with van der Waals surface area (Å²) in [5, 5.41) is 0. The zero-order valence-electron chi connectivity index (χ0n) is 15.2. The Morgan fingerprint density at radius 1 is 0.962 bits per heavy atom. The van der Waals surface area contributed by atoms with Crippen LogP contribution in [0.25, 0.3) is 0 Å². The molecule has 0 aliphatic rings. The van der Waals surface area contributed by atoms with Crippen molar-refractivity contribution in [3.8, 4) is 11.5 Å². The molecular formula is C19H24N3O4+. The average molecular weight is 358 g/mol. The largest absolute Gasteiger partial charge is 0.493 e. The SMILES string of the molecule is COc1ccc(C[NH+](C)CC(=O)NNC(=O)c2ccccc2)cc1OC. The summed E-state index contributed by atoms with van der Waals surface area (Å²) in [6.45, 7) is 0.837. The number of likely N-dealkylation sites (N-methyl/N-ethyl adjacent to an activating group) is 1. The van der Waals surface area contributed by atoms with Gasteiger partial charge >= 0.3 is 0 Å². The molecule has 2 amide bonds. The van der Waals surface area contributed by atoms with Crippen molar-refractivity contribution >= 4 is 11.8 Å². The van der Waals surface area contributed by atoms with Crippen molar-refractivity contribution < 1.29 is 24.0 Å². The number of hydrogen-bond donors (Lipinski definition) is 3. The van der Waals surface area contributed by atoms with E-state index in [1.165, 1.54) is 0 Å².